The van der Waals surface area contributed by atoms with Gasteiger partial charge in [-0.1, -0.05) is 6.42 Å². The number of carbonyl (C=O) groups is 2. The van der Waals surface area contributed by atoms with Gasteiger partial charge in [0, 0.05) is 32.5 Å². The summed E-state index contributed by atoms with van der Waals surface area (Å²) in [4.78, 5) is 25.2. The molecule has 0 aromatic carbocycles. The van der Waals surface area contributed by atoms with Crippen molar-refractivity contribution in [2.45, 2.75) is 44.9 Å². The third kappa shape index (κ3) is 7.15. The molecule has 1 rings (SSSR count). The molecule has 2 N–H and O–H groups in total. The maximum absolute atomic E-state index is 11.7. The highest BCUT2D eigenvalue weighted by Gasteiger charge is 2.15. The lowest BCUT2D eigenvalue weighted by Gasteiger charge is -2.20. The van der Waals surface area contributed by atoms with Crippen LogP contribution in [0.25, 0.3) is 0 Å². The van der Waals surface area contributed by atoms with Gasteiger partial charge >= 0.3 is 0 Å². The van der Waals surface area contributed by atoms with Crippen molar-refractivity contribution in [2.75, 3.05) is 33.2 Å². The third-order valence-corrected chi connectivity index (χ3v) is 3.43. The van der Waals surface area contributed by atoms with Crippen molar-refractivity contribution in [1.29, 1.82) is 0 Å². The van der Waals surface area contributed by atoms with Crippen molar-refractivity contribution in [1.82, 2.24) is 15.5 Å². The second kappa shape index (κ2) is 9.78. The maximum Gasteiger partial charge on any atom is 0.222 e. The van der Waals surface area contributed by atoms with E-state index in [1.807, 2.05) is 11.9 Å². The number of nitrogens with one attached hydrogen (secondary N) is 2. The Morgan fingerprint density at radius 3 is 2.84 bits per heavy atom. The number of nitrogens with zero attached hydrogens (tertiary/aromatic N) is 1. The van der Waals surface area contributed by atoms with Gasteiger partial charge in [-0.3, -0.25) is 9.59 Å². The average molecular weight is 269 g/mol. The quantitative estimate of drug-likeness (QED) is 0.644. The van der Waals surface area contributed by atoms with Crippen molar-refractivity contribution in [3.63, 3.8) is 0 Å². The van der Waals surface area contributed by atoms with Crippen LogP contribution >= 0.6 is 0 Å². The summed E-state index contributed by atoms with van der Waals surface area (Å²) >= 11 is 0. The van der Waals surface area contributed by atoms with Gasteiger partial charge in [0.15, 0.2) is 0 Å². The fraction of sp³-hybridized carbons (Fsp3) is 0.857. The van der Waals surface area contributed by atoms with Gasteiger partial charge in [0.05, 0.1) is 0 Å². The zero-order valence-corrected chi connectivity index (χ0v) is 12.0. The molecule has 0 saturated carbocycles. The van der Waals surface area contributed by atoms with E-state index in [0.717, 1.165) is 51.7 Å². The van der Waals surface area contributed by atoms with Gasteiger partial charge in [-0.2, -0.15) is 0 Å². The molecule has 1 aliphatic rings. The fourth-order valence-corrected chi connectivity index (χ4v) is 2.29. The molecule has 5 nitrogen and oxygen atoms in total. The molecule has 0 radical (unpaired) electrons. The molecular weight excluding hydrogens is 242 g/mol. The fourth-order valence-electron chi connectivity index (χ4n) is 2.29. The lowest BCUT2D eigenvalue weighted by Crippen LogP contribution is -2.34. The summed E-state index contributed by atoms with van der Waals surface area (Å²) in [5.74, 6) is 0.385. The number of rotatable bonds is 8. The van der Waals surface area contributed by atoms with Crippen LogP contribution in [0.2, 0.25) is 0 Å². The van der Waals surface area contributed by atoms with Gasteiger partial charge in [-0.15, -0.1) is 0 Å². The summed E-state index contributed by atoms with van der Waals surface area (Å²) in [6.07, 6.45) is 6.28. The lowest BCUT2D eigenvalue weighted by molar-refractivity contribution is -0.130. The van der Waals surface area contributed by atoms with Crippen molar-refractivity contribution in [3.05, 3.63) is 0 Å². The highest BCUT2D eigenvalue weighted by Crippen LogP contribution is 2.11. The highest BCUT2D eigenvalue weighted by atomic mass is 16.2. The monoisotopic (exact) mass is 269 g/mol. The molecule has 0 atom stereocenters. The SMILES string of the molecule is CNCCCC(=O)NCCCN1CCCCCC1=O. The van der Waals surface area contributed by atoms with Crippen molar-refractivity contribution < 1.29 is 9.59 Å². The maximum atomic E-state index is 11.7. The Morgan fingerprint density at radius 2 is 2.05 bits per heavy atom. The Morgan fingerprint density at radius 1 is 1.21 bits per heavy atom. The number of carbonyl (C=O) groups excluding carboxylic acids is 2. The first kappa shape index (κ1) is 16.0. The van der Waals surface area contributed by atoms with Crippen LogP contribution in [-0.4, -0.2) is 49.9 Å². The van der Waals surface area contributed by atoms with Gasteiger partial charge in [0.2, 0.25) is 11.8 Å². The van der Waals surface area contributed by atoms with E-state index < -0.39 is 0 Å². The van der Waals surface area contributed by atoms with E-state index in [1.165, 1.54) is 0 Å². The predicted molar refractivity (Wildman–Crippen MR) is 75.8 cm³/mol. The largest absolute Gasteiger partial charge is 0.356 e. The molecule has 1 aliphatic heterocycles. The Bertz CT molecular complexity index is 282. The van der Waals surface area contributed by atoms with Crippen LogP contribution in [0.15, 0.2) is 0 Å². The van der Waals surface area contributed by atoms with Crippen LogP contribution in [0.1, 0.15) is 44.9 Å². The van der Waals surface area contributed by atoms with E-state index in [4.69, 9.17) is 0 Å². The van der Waals surface area contributed by atoms with E-state index in [-0.39, 0.29) is 11.8 Å². The first-order chi connectivity index (χ1) is 9.24. The van der Waals surface area contributed by atoms with Gasteiger partial charge in [-0.05, 0) is 39.3 Å². The Hall–Kier alpha value is -1.10. The Balaban J connectivity index is 2.06. The summed E-state index contributed by atoms with van der Waals surface area (Å²) < 4.78 is 0. The molecular formula is C14H27N3O2. The van der Waals surface area contributed by atoms with E-state index in [2.05, 4.69) is 10.6 Å². The second-order valence-corrected chi connectivity index (χ2v) is 5.10. The van der Waals surface area contributed by atoms with Crippen LogP contribution in [0.3, 0.4) is 0 Å². The molecule has 0 unspecified atom stereocenters. The molecule has 0 spiro atoms. The lowest BCUT2D eigenvalue weighted by atomic mass is 10.2. The number of likely N-dealkylation sites (tertiary alicyclic amines) is 1. The van der Waals surface area contributed by atoms with Crippen LogP contribution in [0.4, 0.5) is 0 Å². The van der Waals surface area contributed by atoms with Crippen LogP contribution < -0.4 is 10.6 Å². The molecule has 5 heteroatoms. The minimum atomic E-state index is 0.109. The van der Waals surface area contributed by atoms with Gasteiger partial charge in [-0.25, -0.2) is 0 Å². The standard InChI is InChI=1S/C14H27N3O2/c1-15-9-5-7-13(18)16-10-6-12-17-11-4-2-3-8-14(17)19/h15H,2-12H2,1H3,(H,16,18). The number of amides is 2. The molecule has 1 saturated heterocycles. The molecule has 2 amide bonds. The molecule has 1 heterocycles. The molecule has 0 aromatic rings. The van der Waals surface area contributed by atoms with Crippen LogP contribution in [-0.2, 0) is 9.59 Å². The second-order valence-electron chi connectivity index (χ2n) is 5.10. The molecule has 110 valence electrons. The summed E-state index contributed by atoms with van der Waals surface area (Å²) in [5.41, 5.74) is 0. The highest BCUT2D eigenvalue weighted by molar-refractivity contribution is 5.76. The Labute approximate surface area is 116 Å². The first-order valence-electron chi connectivity index (χ1n) is 7.43. The molecule has 19 heavy (non-hydrogen) atoms. The predicted octanol–water partition coefficient (Wildman–Crippen LogP) is 0.895. The Kier molecular flexibility index (Phi) is 8.21. The number of hydrogen-bond donors (Lipinski definition) is 2. The third-order valence-electron chi connectivity index (χ3n) is 3.43. The number of hydrogen-bond acceptors (Lipinski definition) is 3. The van der Waals surface area contributed by atoms with Crippen LogP contribution in [0, 0.1) is 0 Å². The molecule has 0 aliphatic carbocycles. The summed E-state index contributed by atoms with van der Waals surface area (Å²) in [6, 6.07) is 0. The normalized spacial score (nSPS) is 16.3. The van der Waals surface area contributed by atoms with Crippen molar-refractivity contribution >= 4 is 11.8 Å². The average Bonchev–Trinajstić information content (AvgIpc) is 2.60. The van der Waals surface area contributed by atoms with E-state index in [0.29, 0.717) is 19.4 Å². The molecule has 1 fully saturated rings. The van der Waals surface area contributed by atoms with E-state index in [1.54, 1.807) is 0 Å². The summed E-state index contributed by atoms with van der Waals surface area (Å²) in [7, 11) is 1.89. The van der Waals surface area contributed by atoms with Crippen molar-refractivity contribution in [3.8, 4) is 0 Å². The summed E-state index contributed by atoms with van der Waals surface area (Å²) in [6.45, 7) is 3.20. The van der Waals surface area contributed by atoms with Gasteiger partial charge in [0.1, 0.15) is 0 Å². The molecule has 0 bridgehead atoms. The van der Waals surface area contributed by atoms with Crippen molar-refractivity contribution in [2.24, 2.45) is 0 Å². The van der Waals surface area contributed by atoms with Gasteiger partial charge in [0.25, 0.3) is 0 Å². The van der Waals surface area contributed by atoms with Crippen LogP contribution in [0.5, 0.6) is 0 Å². The topological polar surface area (TPSA) is 61.4 Å². The van der Waals surface area contributed by atoms with E-state index >= 15 is 0 Å². The van der Waals surface area contributed by atoms with Gasteiger partial charge < -0.3 is 15.5 Å². The van der Waals surface area contributed by atoms with E-state index in [9.17, 15) is 9.59 Å². The molecule has 0 aromatic heterocycles. The summed E-state index contributed by atoms with van der Waals surface area (Å²) in [5, 5.41) is 5.93. The minimum Gasteiger partial charge on any atom is -0.356 e. The zero-order valence-electron chi connectivity index (χ0n) is 12.0. The first-order valence-corrected chi connectivity index (χ1v) is 7.43. The zero-order chi connectivity index (χ0) is 13.9. The minimum absolute atomic E-state index is 0.109. The smallest absolute Gasteiger partial charge is 0.222 e.